The number of phenolic OH excluding ortho intramolecular Hbond substituents is 1. The molecule has 0 aliphatic rings. The van der Waals surface area contributed by atoms with Gasteiger partial charge in [0.15, 0.2) is 5.75 Å². The van der Waals surface area contributed by atoms with E-state index in [4.69, 9.17) is 5.11 Å². The molecule has 0 aliphatic heterocycles. The number of nitrogens with zero attached hydrogens (tertiary/aromatic N) is 2. The first-order valence-electron chi connectivity index (χ1n) is 6.27. The highest BCUT2D eigenvalue weighted by Crippen LogP contribution is 2.25. The molecule has 0 spiro atoms. The lowest BCUT2D eigenvalue weighted by Crippen LogP contribution is -1.95. The monoisotopic (exact) mass is 300 g/mol. The van der Waals surface area contributed by atoms with Gasteiger partial charge in [-0.1, -0.05) is 12.1 Å². The number of hydrogen-bond acceptors (Lipinski definition) is 5. The quantitative estimate of drug-likeness (QED) is 0.500. The molecule has 0 saturated carbocycles. The zero-order chi connectivity index (χ0) is 16.1. The Hall–Kier alpha value is -3.22. The molecule has 2 rings (SSSR count). The van der Waals surface area contributed by atoms with Gasteiger partial charge in [-0.05, 0) is 35.4 Å². The van der Waals surface area contributed by atoms with Gasteiger partial charge in [0.1, 0.15) is 0 Å². The number of nitro groups is 1. The molecule has 0 atom stereocenters. The molecule has 2 aromatic carbocycles. The summed E-state index contributed by atoms with van der Waals surface area (Å²) >= 11 is 0. The second-order valence-corrected chi connectivity index (χ2v) is 4.48. The van der Waals surface area contributed by atoms with Gasteiger partial charge in [0.05, 0.1) is 17.0 Å². The van der Waals surface area contributed by atoms with Crippen LogP contribution in [0.5, 0.6) is 5.75 Å². The first-order chi connectivity index (χ1) is 10.5. The van der Waals surface area contributed by atoms with Crippen LogP contribution in [-0.4, -0.2) is 27.3 Å². The summed E-state index contributed by atoms with van der Waals surface area (Å²) in [6.45, 7) is 0.314. The predicted molar refractivity (Wildman–Crippen MR) is 79.5 cm³/mol. The van der Waals surface area contributed by atoms with Crippen LogP contribution in [0.4, 0.5) is 5.69 Å². The molecule has 0 fully saturated rings. The summed E-state index contributed by atoms with van der Waals surface area (Å²) in [5, 5.41) is 28.8. The van der Waals surface area contributed by atoms with Crippen molar-refractivity contribution < 1.29 is 19.9 Å². The summed E-state index contributed by atoms with van der Waals surface area (Å²) in [6, 6.07) is 10.3. The Morgan fingerprint density at radius 3 is 2.50 bits per heavy atom. The number of hydrogen-bond donors (Lipinski definition) is 2. The molecule has 22 heavy (non-hydrogen) atoms. The summed E-state index contributed by atoms with van der Waals surface area (Å²) in [7, 11) is 0. The number of aromatic hydroxyl groups is 1. The minimum atomic E-state index is -0.994. The Balaban J connectivity index is 2.08. The van der Waals surface area contributed by atoms with Gasteiger partial charge in [-0.15, -0.1) is 0 Å². The van der Waals surface area contributed by atoms with Crippen molar-refractivity contribution in [1.82, 2.24) is 0 Å². The molecule has 0 heterocycles. The van der Waals surface area contributed by atoms with Gasteiger partial charge < -0.3 is 10.2 Å². The molecule has 0 amide bonds. The van der Waals surface area contributed by atoms with Crippen LogP contribution in [0.2, 0.25) is 0 Å². The third kappa shape index (κ3) is 3.66. The van der Waals surface area contributed by atoms with E-state index >= 15 is 0 Å². The number of carbonyl (C=O) groups is 1. The van der Waals surface area contributed by atoms with Crippen molar-refractivity contribution in [3.8, 4) is 5.75 Å². The predicted octanol–water partition coefficient (Wildman–Crippen LogP) is 2.62. The lowest BCUT2D eigenvalue weighted by Gasteiger charge is -1.99. The molecule has 0 aliphatic carbocycles. The topological polar surface area (TPSA) is 113 Å². The van der Waals surface area contributed by atoms with Gasteiger partial charge in [0.2, 0.25) is 0 Å². The smallest absolute Gasteiger partial charge is 0.335 e. The zero-order valence-electron chi connectivity index (χ0n) is 11.3. The fraction of sp³-hybridized carbons (Fsp3) is 0.0667. The third-order valence-electron chi connectivity index (χ3n) is 2.91. The zero-order valence-corrected chi connectivity index (χ0v) is 11.3. The average Bonchev–Trinajstić information content (AvgIpc) is 2.49. The standard InChI is InChI=1S/C15H12N2O5/c18-14-6-3-11(7-13(14)17(21)22)9-16-8-10-1-4-12(5-2-10)15(19)20/h1-7,9,18H,8H2,(H,19,20). The molecule has 2 N–H and O–H groups in total. The molecule has 112 valence electrons. The largest absolute Gasteiger partial charge is 0.502 e. The molecule has 7 heteroatoms. The van der Waals surface area contributed by atoms with Gasteiger partial charge in [0, 0.05) is 12.3 Å². The van der Waals surface area contributed by atoms with E-state index in [-0.39, 0.29) is 11.3 Å². The highest BCUT2D eigenvalue weighted by molar-refractivity contribution is 5.87. The molecule has 0 unspecified atom stereocenters. The summed E-state index contributed by atoms with van der Waals surface area (Å²) in [4.78, 5) is 24.9. The number of phenols is 1. The number of nitro benzene ring substituents is 1. The van der Waals surface area contributed by atoms with E-state index in [1.54, 1.807) is 12.1 Å². The van der Waals surface area contributed by atoms with Crippen molar-refractivity contribution in [2.75, 3.05) is 0 Å². The SMILES string of the molecule is O=C(O)c1ccc(CN=Cc2ccc(O)c([N+](=O)[O-])c2)cc1. The van der Waals surface area contributed by atoms with E-state index in [0.717, 1.165) is 5.56 Å². The molecular weight excluding hydrogens is 288 g/mol. The highest BCUT2D eigenvalue weighted by Gasteiger charge is 2.12. The summed E-state index contributed by atoms with van der Waals surface area (Å²) in [6.07, 6.45) is 1.46. The second kappa shape index (κ2) is 6.49. The summed E-state index contributed by atoms with van der Waals surface area (Å²) < 4.78 is 0. The average molecular weight is 300 g/mol. The molecule has 2 aromatic rings. The number of rotatable bonds is 5. The summed E-state index contributed by atoms with van der Waals surface area (Å²) in [5.74, 6) is -1.39. The Morgan fingerprint density at radius 2 is 1.91 bits per heavy atom. The third-order valence-corrected chi connectivity index (χ3v) is 2.91. The maximum Gasteiger partial charge on any atom is 0.335 e. The van der Waals surface area contributed by atoms with Crippen LogP contribution < -0.4 is 0 Å². The normalized spacial score (nSPS) is 10.7. The molecular formula is C15H12N2O5. The Bertz CT molecular complexity index is 738. The van der Waals surface area contributed by atoms with Crippen molar-refractivity contribution in [3.63, 3.8) is 0 Å². The highest BCUT2D eigenvalue weighted by atomic mass is 16.6. The maximum atomic E-state index is 10.7. The fourth-order valence-electron chi connectivity index (χ4n) is 1.78. The second-order valence-electron chi connectivity index (χ2n) is 4.48. The first kappa shape index (κ1) is 15.2. The number of benzene rings is 2. The van der Waals surface area contributed by atoms with Crippen LogP contribution in [0, 0.1) is 10.1 Å². The minimum Gasteiger partial charge on any atom is -0.502 e. The molecule has 0 bridgehead atoms. The molecule has 0 aromatic heterocycles. The first-order valence-corrected chi connectivity index (χ1v) is 6.27. The minimum absolute atomic E-state index is 0.196. The maximum absolute atomic E-state index is 10.7. The van der Waals surface area contributed by atoms with Gasteiger partial charge in [0.25, 0.3) is 0 Å². The van der Waals surface area contributed by atoms with Crippen LogP contribution >= 0.6 is 0 Å². The number of aromatic carboxylic acids is 1. The van der Waals surface area contributed by atoms with Gasteiger partial charge >= 0.3 is 11.7 Å². The van der Waals surface area contributed by atoms with Crippen molar-refractivity contribution in [2.24, 2.45) is 4.99 Å². The number of carboxylic acids is 1. The van der Waals surface area contributed by atoms with Crippen LogP contribution in [0.25, 0.3) is 0 Å². The Morgan fingerprint density at radius 1 is 1.23 bits per heavy atom. The van der Waals surface area contributed by atoms with Crippen molar-refractivity contribution in [2.45, 2.75) is 6.54 Å². The van der Waals surface area contributed by atoms with E-state index in [1.165, 1.54) is 36.5 Å². The van der Waals surface area contributed by atoms with Gasteiger partial charge in [-0.2, -0.15) is 0 Å². The van der Waals surface area contributed by atoms with E-state index in [1.807, 2.05) is 0 Å². The van der Waals surface area contributed by atoms with Crippen molar-refractivity contribution in [3.05, 3.63) is 69.3 Å². The number of aliphatic imine (C=N–C) groups is 1. The van der Waals surface area contributed by atoms with E-state index in [0.29, 0.717) is 12.1 Å². The van der Waals surface area contributed by atoms with Crippen LogP contribution in [0.3, 0.4) is 0 Å². The lowest BCUT2D eigenvalue weighted by molar-refractivity contribution is -0.385. The number of carboxylic acid groups (broad SMARTS) is 1. The van der Waals surface area contributed by atoms with Crippen molar-refractivity contribution in [1.29, 1.82) is 0 Å². The summed E-state index contributed by atoms with van der Waals surface area (Å²) in [5.41, 5.74) is 1.12. The van der Waals surface area contributed by atoms with Crippen LogP contribution in [0.1, 0.15) is 21.5 Å². The lowest BCUT2D eigenvalue weighted by atomic mass is 10.1. The van der Waals surface area contributed by atoms with Crippen LogP contribution in [0.15, 0.2) is 47.5 Å². The molecule has 0 saturated heterocycles. The van der Waals surface area contributed by atoms with E-state index < -0.39 is 16.6 Å². The fourth-order valence-corrected chi connectivity index (χ4v) is 1.78. The van der Waals surface area contributed by atoms with E-state index in [9.17, 15) is 20.0 Å². The molecule has 0 radical (unpaired) electrons. The van der Waals surface area contributed by atoms with Gasteiger partial charge in [-0.25, -0.2) is 4.79 Å². The van der Waals surface area contributed by atoms with Gasteiger partial charge in [-0.3, -0.25) is 15.1 Å². The van der Waals surface area contributed by atoms with E-state index in [2.05, 4.69) is 4.99 Å². The van der Waals surface area contributed by atoms with Crippen LogP contribution in [-0.2, 0) is 6.54 Å². The van der Waals surface area contributed by atoms with Crippen molar-refractivity contribution >= 4 is 17.9 Å². The molecule has 7 nitrogen and oxygen atoms in total. The Kier molecular flexibility index (Phi) is 4.47. The Labute approximate surface area is 125 Å².